The quantitative estimate of drug-likeness (QED) is 0.705. The van der Waals surface area contributed by atoms with Crippen molar-refractivity contribution >= 4 is 21.1 Å². The molecule has 0 aliphatic carbocycles. The second-order valence-corrected chi connectivity index (χ2v) is 7.48. The molecule has 0 spiro atoms. The molecule has 4 rings (SSSR count). The van der Waals surface area contributed by atoms with Gasteiger partial charge >= 0.3 is 0 Å². The van der Waals surface area contributed by atoms with Gasteiger partial charge < -0.3 is 9.26 Å². The molecule has 2 aromatic heterocycles. The molecule has 10 nitrogen and oxygen atoms in total. The van der Waals surface area contributed by atoms with E-state index in [0.717, 1.165) is 0 Å². The van der Waals surface area contributed by atoms with E-state index in [-0.39, 0.29) is 29.2 Å². The van der Waals surface area contributed by atoms with Gasteiger partial charge in [-0.15, -0.1) is 0 Å². The minimum Gasteiger partial charge on any atom is -0.364 e. The fourth-order valence-corrected chi connectivity index (χ4v) is 3.97. The smallest absolute Gasteiger partial charge is 0.255 e. The Labute approximate surface area is 142 Å². The van der Waals surface area contributed by atoms with E-state index < -0.39 is 10.0 Å². The van der Waals surface area contributed by atoms with Crippen molar-refractivity contribution in [2.24, 2.45) is 0 Å². The predicted octanol–water partition coefficient (Wildman–Crippen LogP) is 1.11. The maximum Gasteiger partial charge on any atom is 0.255 e. The molecule has 3 heterocycles. The van der Waals surface area contributed by atoms with E-state index in [0.29, 0.717) is 30.1 Å². The monoisotopic (exact) mass is 365 g/mol. The maximum absolute atomic E-state index is 12.5. The summed E-state index contributed by atoms with van der Waals surface area (Å²) in [5.74, 6) is 0.957. The number of benzene rings is 1. The van der Waals surface area contributed by atoms with Crippen molar-refractivity contribution in [2.45, 2.75) is 36.9 Å². The van der Waals surface area contributed by atoms with Crippen LogP contribution in [0, 0.1) is 6.92 Å². The van der Waals surface area contributed by atoms with Crippen LogP contribution in [0.3, 0.4) is 0 Å². The van der Waals surface area contributed by atoms with Crippen LogP contribution in [-0.4, -0.2) is 41.5 Å². The summed E-state index contributed by atoms with van der Waals surface area (Å²) in [4.78, 5) is 4.17. The third kappa shape index (κ3) is 3.13. The van der Waals surface area contributed by atoms with Crippen molar-refractivity contribution in [3.63, 3.8) is 0 Å². The van der Waals surface area contributed by atoms with Crippen molar-refractivity contribution in [1.29, 1.82) is 0 Å². The number of sulfonamides is 1. The van der Waals surface area contributed by atoms with Gasteiger partial charge in [-0.05, 0) is 42.2 Å². The standard InChI is InChI=1S/C14H15N5O5S/c1-8-16-14(23-17-8)11-6-5-9(22-11)7-15-25(20,21)12-4-2-3-10-13(12)19-24-18-10/h2-4,9,11,15H,5-7H2,1H3/t9-,11+/m1/s1. The van der Waals surface area contributed by atoms with Crippen LogP contribution in [0.5, 0.6) is 0 Å². The Kier molecular flexibility index (Phi) is 3.98. The summed E-state index contributed by atoms with van der Waals surface area (Å²) in [6.45, 7) is 1.86. The lowest BCUT2D eigenvalue weighted by Crippen LogP contribution is -2.32. The first-order valence-corrected chi connectivity index (χ1v) is 9.18. The van der Waals surface area contributed by atoms with E-state index in [2.05, 4.69) is 29.8 Å². The molecule has 0 radical (unpaired) electrons. The predicted molar refractivity (Wildman–Crippen MR) is 82.9 cm³/mol. The second kappa shape index (κ2) is 6.17. The first-order valence-electron chi connectivity index (χ1n) is 7.69. The molecule has 132 valence electrons. The molecular weight excluding hydrogens is 350 g/mol. The fraction of sp³-hybridized carbons (Fsp3) is 0.429. The van der Waals surface area contributed by atoms with Gasteiger partial charge in [-0.2, -0.15) is 4.98 Å². The third-order valence-corrected chi connectivity index (χ3v) is 5.42. The van der Waals surface area contributed by atoms with Crippen molar-refractivity contribution < 1.29 is 22.3 Å². The number of ether oxygens (including phenoxy) is 1. The summed E-state index contributed by atoms with van der Waals surface area (Å²) in [5.41, 5.74) is 0.577. The van der Waals surface area contributed by atoms with Gasteiger partial charge in [-0.3, -0.25) is 0 Å². The maximum atomic E-state index is 12.5. The molecule has 1 aliphatic rings. The van der Waals surface area contributed by atoms with Gasteiger partial charge in [0.25, 0.3) is 5.89 Å². The Bertz CT molecular complexity index is 998. The molecule has 0 unspecified atom stereocenters. The van der Waals surface area contributed by atoms with Gasteiger partial charge in [0, 0.05) is 6.54 Å². The Morgan fingerprint density at radius 1 is 1.24 bits per heavy atom. The number of nitrogens with one attached hydrogen (secondary N) is 1. The highest BCUT2D eigenvalue weighted by atomic mass is 32.2. The van der Waals surface area contributed by atoms with E-state index >= 15 is 0 Å². The van der Waals surface area contributed by atoms with Crippen LogP contribution in [0.2, 0.25) is 0 Å². The summed E-state index contributed by atoms with van der Waals surface area (Å²) in [6, 6.07) is 4.66. The molecule has 25 heavy (non-hydrogen) atoms. The number of aromatic nitrogens is 4. The lowest BCUT2D eigenvalue weighted by atomic mass is 10.2. The number of hydrogen-bond donors (Lipinski definition) is 1. The van der Waals surface area contributed by atoms with E-state index in [9.17, 15) is 8.42 Å². The summed E-state index contributed by atoms with van der Waals surface area (Å²) in [5, 5.41) is 11.0. The van der Waals surface area contributed by atoms with Gasteiger partial charge in [-0.25, -0.2) is 17.8 Å². The van der Waals surface area contributed by atoms with Gasteiger partial charge in [0.1, 0.15) is 16.5 Å². The SMILES string of the molecule is Cc1noc([C@@H]2CC[C@H](CNS(=O)(=O)c3cccc4nonc34)O2)n1. The summed E-state index contributed by atoms with van der Waals surface area (Å²) in [7, 11) is -3.77. The lowest BCUT2D eigenvalue weighted by Gasteiger charge is -2.13. The van der Waals surface area contributed by atoms with Crippen LogP contribution >= 0.6 is 0 Å². The van der Waals surface area contributed by atoms with Crippen LogP contribution < -0.4 is 4.72 Å². The molecule has 1 fully saturated rings. The zero-order valence-corrected chi connectivity index (χ0v) is 14.1. The molecule has 1 N–H and O–H groups in total. The van der Waals surface area contributed by atoms with Crippen LogP contribution in [0.25, 0.3) is 11.0 Å². The number of nitrogens with zero attached hydrogens (tertiary/aromatic N) is 4. The van der Waals surface area contributed by atoms with Crippen molar-refractivity contribution in [1.82, 2.24) is 25.2 Å². The topological polar surface area (TPSA) is 133 Å². The Balaban J connectivity index is 1.43. The number of hydrogen-bond acceptors (Lipinski definition) is 9. The van der Waals surface area contributed by atoms with Gasteiger partial charge in [0.05, 0.1) is 6.10 Å². The van der Waals surface area contributed by atoms with Gasteiger partial charge in [0.2, 0.25) is 10.0 Å². The molecule has 2 atom stereocenters. The number of fused-ring (bicyclic) bond motifs is 1. The molecule has 0 bridgehead atoms. The van der Waals surface area contributed by atoms with Crippen LogP contribution in [0.4, 0.5) is 0 Å². The largest absolute Gasteiger partial charge is 0.364 e. The third-order valence-electron chi connectivity index (χ3n) is 3.97. The summed E-state index contributed by atoms with van der Waals surface area (Å²) in [6.07, 6.45) is 0.793. The van der Waals surface area contributed by atoms with Crippen LogP contribution in [0.15, 0.2) is 32.2 Å². The average Bonchev–Trinajstić information content (AvgIpc) is 3.32. The highest BCUT2D eigenvalue weighted by Gasteiger charge is 2.31. The molecule has 1 saturated heterocycles. The number of aryl methyl sites for hydroxylation is 1. The molecule has 0 saturated carbocycles. The normalized spacial score (nSPS) is 21.2. The molecule has 1 aromatic carbocycles. The zero-order chi connectivity index (χ0) is 17.4. The van der Waals surface area contributed by atoms with E-state index in [1.165, 1.54) is 6.07 Å². The highest BCUT2D eigenvalue weighted by Crippen LogP contribution is 2.31. The van der Waals surface area contributed by atoms with Crippen molar-refractivity contribution in [2.75, 3.05) is 6.54 Å². The Morgan fingerprint density at radius 3 is 2.92 bits per heavy atom. The first kappa shape index (κ1) is 16.1. The fourth-order valence-electron chi connectivity index (χ4n) is 2.76. The molecule has 11 heteroatoms. The Morgan fingerprint density at radius 2 is 2.12 bits per heavy atom. The highest BCUT2D eigenvalue weighted by molar-refractivity contribution is 7.89. The van der Waals surface area contributed by atoms with Crippen molar-refractivity contribution in [3.05, 3.63) is 29.9 Å². The minimum atomic E-state index is -3.77. The van der Waals surface area contributed by atoms with Crippen LogP contribution in [-0.2, 0) is 14.8 Å². The van der Waals surface area contributed by atoms with E-state index in [1.807, 2.05) is 0 Å². The molecular formula is C14H15N5O5S. The number of rotatable bonds is 5. The van der Waals surface area contributed by atoms with E-state index in [4.69, 9.17) is 9.26 Å². The summed E-state index contributed by atoms with van der Waals surface area (Å²) >= 11 is 0. The van der Waals surface area contributed by atoms with E-state index in [1.54, 1.807) is 19.1 Å². The van der Waals surface area contributed by atoms with Gasteiger partial charge in [0.15, 0.2) is 11.3 Å². The molecule has 0 amide bonds. The average molecular weight is 365 g/mol. The second-order valence-electron chi connectivity index (χ2n) is 5.74. The Hall–Kier alpha value is -2.37. The molecule has 1 aliphatic heterocycles. The lowest BCUT2D eigenvalue weighted by molar-refractivity contribution is 0.0290. The van der Waals surface area contributed by atoms with Crippen molar-refractivity contribution in [3.8, 4) is 0 Å². The zero-order valence-electron chi connectivity index (χ0n) is 13.2. The molecule has 3 aromatic rings. The minimum absolute atomic E-state index is 0.0216. The first-order chi connectivity index (χ1) is 12.0. The summed E-state index contributed by atoms with van der Waals surface area (Å²) < 4.78 is 43.1. The van der Waals surface area contributed by atoms with Crippen LogP contribution in [0.1, 0.15) is 30.7 Å². The van der Waals surface area contributed by atoms with Gasteiger partial charge in [-0.1, -0.05) is 11.2 Å².